The SMILES string of the molecule is C[C@H]1COc2nc(C(=O)NCC3CCCCO3)c(Cc3ccc(F)cc3)cc2N1C(=O)O. The molecule has 2 aromatic rings. The van der Waals surface area contributed by atoms with Crippen molar-refractivity contribution in [3.8, 4) is 5.88 Å². The van der Waals surface area contributed by atoms with Gasteiger partial charge in [-0.1, -0.05) is 12.1 Å². The van der Waals surface area contributed by atoms with Gasteiger partial charge in [-0.05, 0) is 61.9 Å². The second-order valence-corrected chi connectivity index (χ2v) is 8.13. The van der Waals surface area contributed by atoms with E-state index in [1.54, 1.807) is 25.1 Å². The lowest BCUT2D eigenvalue weighted by atomic mass is 10.0. The quantitative estimate of drug-likeness (QED) is 0.735. The molecule has 1 aromatic carbocycles. The predicted molar refractivity (Wildman–Crippen MR) is 115 cm³/mol. The Morgan fingerprint density at radius 1 is 1.28 bits per heavy atom. The van der Waals surface area contributed by atoms with Crippen molar-refractivity contribution >= 4 is 17.7 Å². The van der Waals surface area contributed by atoms with Crippen LogP contribution in [0.5, 0.6) is 5.88 Å². The Morgan fingerprint density at radius 3 is 2.75 bits per heavy atom. The van der Waals surface area contributed by atoms with E-state index in [2.05, 4.69) is 10.3 Å². The van der Waals surface area contributed by atoms with Gasteiger partial charge in [-0.25, -0.2) is 14.2 Å². The zero-order valence-corrected chi connectivity index (χ0v) is 17.8. The third-order valence-electron chi connectivity index (χ3n) is 5.70. The van der Waals surface area contributed by atoms with E-state index in [9.17, 15) is 19.1 Å². The first-order valence-corrected chi connectivity index (χ1v) is 10.8. The van der Waals surface area contributed by atoms with E-state index < -0.39 is 12.1 Å². The van der Waals surface area contributed by atoms with Crippen LogP contribution in [0.2, 0.25) is 0 Å². The van der Waals surface area contributed by atoms with Gasteiger partial charge in [0.25, 0.3) is 5.91 Å². The van der Waals surface area contributed by atoms with Gasteiger partial charge in [0.05, 0.1) is 12.1 Å². The van der Waals surface area contributed by atoms with Crippen LogP contribution in [0.15, 0.2) is 30.3 Å². The van der Waals surface area contributed by atoms with Crippen molar-refractivity contribution < 1.29 is 28.6 Å². The van der Waals surface area contributed by atoms with Crippen LogP contribution < -0.4 is 15.0 Å². The second kappa shape index (κ2) is 9.52. The third-order valence-corrected chi connectivity index (χ3v) is 5.70. The van der Waals surface area contributed by atoms with Gasteiger partial charge in [0.2, 0.25) is 5.88 Å². The molecule has 2 aliphatic heterocycles. The topological polar surface area (TPSA) is 101 Å². The maximum atomic E-state index is 13.3. The molecule has 2 amide bonds. The number of halogens is 1. The zero-order chi connectivity index (χ0) is 22.7. The number of fused-ring (bicyclic) bond motifs is 1. The Bertz CT molecular complexity index is 992. The Kier molecular flexibility index (Phi) is 6.55. The molecule has 0 bridgehead atoms. The molecule has 1 saturated heterocycles. The summed E-state index contributed by atoms with van der Waals surface area (Å²) in [7, 11) is 0. The molecule has 8 nitrogen and oxygen atoms in total. The summed E-state index contributed by atoms with van der Waals surface area (Å²) in [6, 6.07) is 7.16. The Balaban J connectivity index is 1.66. The average molecular weight is 443 g/mol. The average Bonchev–Trinajstić information content (AvgIpc) is 2.79. The lowest BCUT2D eigenvalue weighted by molar-refractivity contribution is 0.0168. The minimum Gasteiger partial charge on any atom is -0.474 e. The van der Waals surface area contributed by atoms with E-state index in [0.29, 0.717) is 24.4 Å². The van der Waals surface area contributed by atoms with Gasteiger partial charge in [0.15, 0.2) is 0 Å². The predicted octanol–water partition coefficient (Wildman–Crippen LogP) is 3.38. The van der Waals surface area contributed by atoms with Gasteiger partial charge < -0.3 is 19.9 Å². The summed E-state index contributed by atoms with van der Waals surface area (Å²) < 4.78 is 24.7. The molecule has 0 saturated carbocycles. The standard InChI is InChI=1S/C23H26FN3O5/c1-14-13-32-22-19(27(14)23(29)30)11-16(10-15-5-7-17(24)8-6-15)20(26-22)21(28)25-12-18-4-2-3-9-31-18/h5-8,11,14,18H,2-4,9-10,12-13H2,1H3,(H,25,28)(H,29,30)/t14-,18?/m0/s1. The van der Waals surface area contributed by atoms with Gasteiger partial charge in [0, 0.05) is 13.2 Å². The highest BCUT2D eigenvalue weighted by molar-refractivity contribution is 5.96. The smallest absolute Gasteiger partial charge is 0.412 e. The summed E-state index contributed by atoms with van der Waals surface area (Å²) in [4.78, 5) is 30.5. The molecule has 0 spiro atoms. The number of carbonyl (C=O) groups excluding carboxylic acids is 1. The number of benzene rings is 1. The monoisotopic (exact) mass is 443 g/mol. The number of nitrogens with one attached hydrogen (secondary N) is 1. The van der Waals surface area contributed by atoms with Crippen molar-refractivity contribution in [1.29, 1.82) is 0 Å². The molecule has 3 heterocycles. The molecular weight excluding hydrogens is 417 g/mol. The highest BCUT2D eigenvalue weighted by Crippen LogP contribution is 2.35. The van der Waals surface area contributed by atoms with Crippen molar-refractivity contribution in [2.75, 3.05) is 24.7 Å². The first kappa shape index (κ1) is 22.0. The number of pyridine rings is 1. The minimum atomic E-state index is -1.12. The number of ether oxygens (including phenoxy) is 2. The molecule has 2 N–H and O–H groups in total. The minimum absolute atomic E-state index is 0.0366. The van der Waals surface area contributed by atoms with Crippen LogP contribution in [0.4, 0.5) is 14.9 Å². The van der Waals surface area contributed by atoms with Crippen LogP contribution in [-0.2, 0) is 11.2 Å². The molecule has 4 rings (SSSR count). The maximum Gasteiger partial charge on any atom is 0.412 e. The van der Waals surface area contributed by atoms with Crippen molar-refractivity contribution in [2.45, 2.75) is 44.8 Å². The van der Waals surface area contributed by atoms with Crippen LogP contribution in [-0.4, -0.2) is 54.0 Å². The highest BCUT2D eigenvalue weighted by atomic mass is 19.1. The van der Waals surface area contributed by atoms with E-state index in [1.807, 2.05) is 0 Å². The number of carbonyl (C=O) groups is 2. The molecule has 0 aliphatic carbocycles. The lowest BCUT2D eigenvalue weighted by Crippen LogP contribution is -2.45. The first-order chi connectivity index (χ1) is 15.4. The molecule has 170 valence electrons. The van der Waals surface area contributed by atoms with E-state index in [-0.39, 0.29) is 42.4 Å². The molecule has 9 heteroatoms. The van der Waals surface area contributed by atoms with E-state index in [0.717, 1.165) is 24.8 Å². The van der Waals surface area contributed by atoms with Gasteiger partial charge in [-0.3, -0.25) is 9.69 Å². The summed E-state index contributed by atoms with van der Waals surface area (Å²) in [5.41, 5.74) is 1.75. The molecule has 2 atom stereocenters. The molecule has 32 heavy (non-hydrogen) atoms. The second-order valence-electron chi connectivity index (χ2n) is 8.13. The van der Waals surface area contributed by atoms with Crippen LogP contribution in [0.1, 0.15) is 47.8 Å². The number of amides is 2. The normalized spacial score (nSPS) is 20.2. The molecule has 0 radical (unpaired) electrons. The summed E-state index contributed by atoms with van der Waals surface area (Å²) in [5.74, 6) is -0.641. The fourth-order valence-electron chi connectivity index (χ4n) is 4.02. The van der Waals surface area contributed by atoms with Crippen LogP contribution in [0, 0.1) is 5.82 Å². The van der Waals surface area contributed by atoms with Gasteiger partial charge in [-0.2, -0.15) is 0 Å². The van der Waals surface area contributed by atoms with Crippen molar-refractivity contribution in [1.82, 2.24) is 10.3 Å². The highest BCUT2D eigenvalue weighted by Gasteiger charge is 2.32. The van der Waals surface area contributed by atoms with Gasteiger partial charge >= 0.3 is 6.09 Å². The van der Waals surface area contributed by atoms with Gasteiger partial charge in [0.1, 0.15) is 23.8 Å². The van der Waals surface area contributed by atoms with Crippen LogP contribution in [0.3, 0.4) is 0 Å². The van der Waals surface area contributed by atoms with E-state index >= 15 is 0 Å². The molecular formula is C23H26FN3O5. The lowest BCUT2D eigenvalue weighted by Gasteiger charge is -2.32. The molecule has 2 aliphatic rings. The zero-order valence-electron chi connectivity index (χ0n) is 17.8. The summed E-state index contributed by atoms with van der Waals surface area (Å²) in [5, 5.41) is 12.6. The van der Waals surface area contributed by atoms with Crippen LogP contribution in [0.25, 0.3) is 0 Å². The number of carboxylic acid groups (broad SMARTS) is 1. The van der Waals surface area contributed by atoms with Crippen molar-refractivity contribution in [3.05, 3.63) is 53.0 Å². The Labute approximate surface area is 185 Å². The number of hydrogen-bond donors (Lipinski definition) is 2. The van der Waals surface area contributed by atoms with Crippen molar-refractivity contribution in [3.63, 3.8) is 0 Å². The summed E-state index contributed by atoms with van der Waals surface area (Å²) in [6.07, 6.45) is 2.09. The number of nitrogens with zero attached hydrogens (tertiary/aromatic N) is 2. The summed E-state index contributed by atoms with van der Waals surface area (Å²) in [6.45, 7) is 2.93. The first-order valence-electron chi connectivity index (χ1n) is 10.8. The largest absolute Gasteiger partial charge is 0.474 e. The number of hydrogen-bond acceptors (Lipinski definition) is 5. The number of anilines is 1. The maximum absolute atomic E-state index is 13.3. The molecule has 1 aromatic heterocycles. The third kappa shape index (κ3) is 4.83. The summed E-state index contributed by atoms with van der Waals surface area (Å²) >= 11 is 0. The van der Waals surface area contributed by atoms with E-state index in [1.165, 1.54) is 17.0 Å². The number of aromatic nitrogens is 1. The van der Waals surface area contributed by atoms with Crippen molar-refractivity contribution in [2.24, 2.45) is 0 Å². The Morgan fingerprint density at radius 2 is 2.06 bits per heavy atom. The molecule has 1 fully saturated rings. The van der Waals surface area contributed by atoms with E-state index in [4.69, 9.17) is 9.47 Å². The Hall–Kier alpha value is -3.20. The van der Waals surface area contributed by atoms with Gasteiger partial charge in [-0.15, -0.1) is 0 Å². The fourth-order valence-corrected chi connectivity index (χ4v) is 4.02. The molecule has 1 unspecified atom stereocenters. The van der Waals surface area contributed by atoms with Crippen LogP contribution >= 0.6 is 0 Å². The fraction of sp³-hybridized carbons (Fsp3) is 0.435. The number of rotatable bonds is 5.